The zero-order chi connectivity index (χ0) is 13.5. The molecule has 0 aromatic carbocycles. The predicted octanol–water partition coefficient (Wildman–Crippen LogP) is 1.74. The first-order valence-electron chi connectivity index (χ1n) is 5.95. The molecule has 102 valence electrons. The quantitative estimate of drug-likeness (QED) is 0.776. The van der Waals surface area contributed by atoms with Gasteiger partial charge < -0.3 is 10.6 Å². The van der Waals surface area contributed by atoms with E-state index in [1.807, 2.05) is 24.1 Å². The Hall–Kier alpha value is -0.590. The van der Waals surface area contributed by atoms with Gasteiger partial charge in [-0.15, -0.1) is 11.3 Å². The van der Waals surface area contributed by atoms with E-state index in [1.54, 1.807) is 30.3 Å². The zero-order valence-electron chi connectivity index (χ0n) is 11.2. The highest BCUT2D eigenvalue weighted by molar-refractivity contribution is 7.98. The number of thiazole rings is 1. The Balaban J connectivity index is 2.32. The Labute approximate surface area is 117 Å². The maximum atomic E-state index is 11.5. The Morgan fingerprint density at radius 3 is 2.94 bits per heavy atom. The number of nitrogens with two attached hydrogens (primary N) is 1. The number of carbonyl (C=O) groups excluding carboxylic acids is 1. The Morgan fingerprint density at radius 1 is 1.61 bits per heavy atom. The molecular weight excluding hydrogens is 266 g/mol. The fraction of sp³-hybridized carbons (Fsp3) is 0.667. The number of hydrogen-bond acceptors (Lipinski definition) is 5. The summed E-state index contributed by atoms with van der Waals surface area (Å²) in [6.07, 6.45) is 1.43. The van der Waals surface area contributed by atoms with E-state index >= 15 is 0 Å². The highest BCUT2D eigenvalue weighted by Gasteiger charge is 2.09. The Morgan fingerprint density at radius 2 is 2.33 bits per heavy atom. The van der Waals surface area contributed by atoms with Crippen LogP contribution in [0.15, 0.2) is 5.38 Å². The molecule has 0 bridgehead atoms. The minimum Gasteiger partial charge on any atom is -0.348 e. The van der Waals surface area contributed by atoms with Crippen molar-refractivity contribution in [2.45, 2.75) is 31.6 Å². The van der Waals surface area contributed by atoms with E-state index in [1.165, 1.54) is 0 Å². The molecule has 6 heteroatoms. The van der Waals surface area contributed by atoms with Gasteiger partial charge in [-0.25, -0.2) is 4.98 Å². The van der Waals surface area contributed by atoms with E-state index in [0.717, 1.165) is 28.6 Å². The molecule has 0 spiro atoms. The molecule has 0 fully saturated rings. The summed E-state index contributed by atoms with van der Waals surface area (Å²) in [7, 11) is 3.53. The second kappa shape index (κ2) is 7.76. The molecule has 18 heavy (non-hydrogen) atoms. The molecule has 0 aliphatic rings. The summed E-state index contributed by atoms with van der Waals surface area (Å²) in [5.74, 6) is 2.06. The fourth-order valence-electron chi connectivity index (χ4n) is 1.23. The van der Waals surface area contributed by atoms with E-state index < -0.39 is 0 Å². The highest BCUT2D eigenvalue weighted by Crippen LogP contribution is 2.17. The van der Waals surface area contributed by atoms with Crippen LogP contribution in [0.1, 0.15) is 24.0 Å². The molecule has 2 N–H and O–H groups in total. The molecule has 4 nitrogen and oxygen atoms in total. The first-order valence-corrected chi connectivity index (χ1v) is 7.99. The van der Waals surface area contributed by atoms with Gasteiger partial charge in [-0.2, -0.15) is 11.8 Å². The lowest BCUT2D eigenvalue weighted by molar-refractivity contribution is -0.127. The van der Waals surface area contributed by atoms with Gasteiger partial charge in [-0.1, -0.05) is 0 Å². The topological polar surface area (TPSA) is 59.2 Å². The van der Waals surface area contributed by atoms with Crippen molar-refractivity contribution in [3.8, 4) is 0 Å². The van der Waals surface area contributed by atoms with E-state index in [-0.39, 0.29) is 11.9 Å². The van der Waals surface area contributed by atoms with Gasteiger partial charge in [-0.3, -0.25) is 4.79 Å². The van der Waals surface area contributed by atoms with Crippen molar-refractivity contribution in [1.82, 2.24) is 9.88 Å². The monoisotopic (exact) mass is 287 g/mol. The van der Waals surface area contributed by atoms with Crippen molar-refractivity contribution in [3.63, 3.8) is 0 Å². The van der Waals surface area contributed by atoms with Crippen LogP contribution < -0.4 is 5.73 Å². The average Bonchev–Trinajstić information content (AvgIpc) is 2.72. The lowest BCUT2D eigenvalue weighted by Crippen LogP contribution is -2.23. The van der Waals surface area contributed by atoms with Crippen LogP contribution in [0.5, 0.6) is 0 Å². The van der Waals surface area contributed by atoms with Crippen molar-refractivity contribution in [2.24, 2.45) is 5.73 Å². The van der Waals surface area contributed by atoms with Crippen LogP contribution in [-0.4, -0.2) is 41.7 Å². The SMILES string of the molecule is CC(N)CCSCc1csc(CC(=O)N(C)C)n1. The van der Waals surface area contributed by atoms with Gasteiger partial charge in [-0.05, 0) is 19.1 Å². The number of hydrogen-bond donors (Lipinski definition) is 1. The van der Waals surface area contributed by atoms with E-state index in [0.29, 0.717) is 6.42 Å². The first kappa shape index (κ1) is 15.5. The molecule has 1 heterocycles. The van der Waals surface area contributed by atoms with Gasteiger partial charge in [0, 0.05) is 31.3 Å². The fourth-order valence-corrected chi connectivity index (χ4v) is 3.16. The third kappa shape index (κ3) is 5.84. The third-order valence-electron chi connectivity index (χ3n) is 2.37. The molecule has 0 saturated heterocycles. The molecule has 1 rings (SSSR count). The second-order valence-electron chi connectivity index (χ2n) is 4.52. The van der Waals surface area contributed by atoms with Gasteiger partial charge in [0.25, 0.3) is 0 Å². The average molecular weight is 287 g/mol. The van der Waals surface area contributed by atoms with Gasteiger partial charge in [0.15, 0.2) is 0 Å². The minimum absolute atomic E-state index is 0.0977. The van der Waals surface area contributed by atoms with Crippen LogP contribution in [0.25, 0.3) is 0 Å². The van der Waals surface area contributed by atoms with Crippen LogP contribution in [-0.2, 0) is 17.0 Å². The molecule has 0 aliphatic heterocycles. The highest BCUT2D eigenvalue weighted by atomic mass is 32.2. The molecule has 0 saturated carbocycles. The molecule has 1 unspecified atom stereocenters. The molecule has 1 amide bonds. The van der Waals surface area contributed by atoms with Crippen LogP contribution in [0.2, 0.25) is 0 Å². The first-order chi connectivity index (χ1) is 8.49. The lowest BCUT2D eigenvalue weighted by atomic mass is 10.3. The van der Waals surface area contributed by atoms with Crippen molar-refractivity contribution >= 4 is 29.0 Å². The number of thioether (sulfide) groups is 1. The molecule has 1 aromatic rings. The standard InChI is InChI=1S/C12H21N3OS2/c1-9(13)4-5-17-7-10-8-18-11(14-10)6-12(16)15(2)3/h8-9H,4-7,13H2,1-3H3. The molecule has 1 atom stereocenters. The number of likely N-dealkylation sites (N-methyl/N-ethyl adjacent to an activating group) is 1. The largest absolute Gasteiger partial charge is 0.348 e. The van der Waals surface area contributed by atoms with Crippen molar-refractivity contribution in [2.75, 3.05) is 19.8 Å². The molecular formula is C12H21N3OS2. The second-order valence-corrected chi connectivity index (χ2v) is 6.56. The van der Waals surface area contributed by atoms with E-state index in [9.17, 15) is 4.79 Å². The van der Waals surface area contributed by atoms with Crippen LogP contribution in [0.3, 0.4) is 0 Å². The van der Waals surface area contributed by atoms with Crippen LogP contribution >= 0.6 is 23.1 Å². The minimum atomic E-state index is 0.0977. The van der Waals surface area contributed by atoms with Crippen LogP contribution in [0, 0.1) is 0 Å². The summed E-state index contributed by atoms with van der Waals surface area (Å²) in [5, 5.41) is 2.94. The Bertz CT molecular complexity index is 377. The predicted molar refractivity (Wildman–Crippen MR) is 78.9 cm³/mol. The summed E-state index contributed by atoms with van der Waals surface area (Å²) < 4.78 is 0. The lowest BCUT2D eigenvalue weighted by Gasteiger charge is -2.07. The van der Waals surface area contributed by atoms with Gasteiger partial charge >= 0.3 is 0 Å². The number of nitrogens with zero attached hydrogens (tertiary/aromatic N) is 2. The van der Waals surface area contributed by atoms with Crippen molar-refractivity contribution in [3.05, 3.63) is 16.1 Å². The summed E-state index contributed by atoms with van der Waals surface area (Å²) in [6.45, 7) is 2.02. The normalized spacial score (nSPS) is 12.4. The number of aromatic nitrogens is 1. The Kier molecular flexibility index (Phi) is 6.67. The number of carbonyl (C=O) groups is 1. The maximum absolute atomic E-state index is 11.5. The van der Waals surface area contributed by atoms with Gasteiger partial charge in [0.05, 0.1) is 12.1 Å². The van der Waals surface area contributed by atoms with Gasteiger partial charge in [0.2, 0.25) is 5.91 Å². The molecule has 0 radical (unpaired) electrons. The smallest absolute Gasteiger partial charge is 0.228 e. The van der Waals surface area contributed by atoms with E-state index in [2.05, 4.69) is 4.98 Å². The van der Waals surface area contributed by atoms with Crippen molar-refractivity contribution in [1.29, 1.82) is 0 Å². The summed E-state index contributed by atoms with van der Waals surface area (Å²) in [4.78, 5) is 17.6. The summed E-state index contributed by atoms with van der Waals surface area (Å²) in [5.41, 5.74) is 6.76. The molecule has 0 aliphatic carbocycles. The molecule has 1 aromatic heterocycles. The summed E-state index contributed by atoms with van der Waals surface area (Å²) in [6, 6.07) is 0.265. The number of rotatable bonds is 7. The zero-order valence-corrected chi connectivity index (χ0v) is 12.8. The number of amides is 1. The van der Waals surface area contributed by atoms with Crippen molar-refractivity contribution < 1.29 is 4.79 Å². The third-order valence-corrected chi connectivity index (χ3v) is 4.29. The maximum Gasteiger partial charge on any atom is 0.228 e. The van der Waals surface area contributed by atoms with E-state index in [4.69, 9.17) is 5.73 Å². The summed E-state index contributed by atoms with van der Waals surface area (Å²) >= 11 is 3.41. The van der Waals surface area contributed by atoms with Gasteiger partial charge in [0.1, 0.15) is 5.01 Å². The van der Waals surface area contributed by atoms with Crippen LogP contribution in [0.4, 0.5) is 0 Å².